The molecule has 5 rings (SSSR count). The molecule has 0 radical (unpaired) electrons. The van der Waals surface area contributed by atoms with Crippen molar-refractivity contribution in [2.75, 3.05) is 0 Å². The lowest BCUT2D eigenvalue weighted by Crippen LogP contribution is -2.22. The third-order valence-corrected chi connectivity index (χ3v) is 9.15. The molecule has 0 aromatic carbocycles. The number of rotatable bonds is 8. The average Bonchev–Trinajstić information content (AvgIpc) is 3.59. The molecular formula is C34H38N4O5. The highest BCUT2D eigenvalue weighted by molar-refractivity contribution is 6.18. The molecule has 0 aromatic rings. The van der Waals surface area contributed by atoms with Crippen LogP contribution in [0.5, 0.6) is 0 Å². The molecule has 1 atom stereocenters. The maximum Gasteiger partial charge on any atom is 0.303 e. The number of carboxylic acids is 2. The van der Waals surface area contributed by atoms with Crippen molar-refractivity contribution in [1.82, 2.24) is 5.32 Å². The van der Waals surface area contributed by atoms with Crippen LogP contribution in [0.25, 0.3) is 0 Å². The number of carboxylic acid groups (broad SMARTS) is 2. The molecule has 0 spiro atoms. The highest BCUT2D eigenvalue weighted by atomic mass is 16.4. The highest BCUT2D eigenvalue weighted by Crippen LogP contribution is 2.45. The van der Waals surface area contributed by atoms with Gasteiger partial charge in [0, 0.05) is 18.5 Å². The lowest BCUT2D eigenvalue weighted by molar-refractivity contribution is -0.137. The molecule has 0 unspecified atom stereocenters. The van der Waals surface area contributed by atoms with Crippen molar-refractivity contribution in [3.63, 3.8) is 0 Å². The number of hydrogen-bond acceptors (Lipinski definition) is 7. The number of nitrogens with zero attached hydrogens (tertiary/aromatic N) is 3. The number of fused-ring (bicyclic) bond motifs is 5. The van der Waals surface area contributed by atoms with Gasteiger partial charge in [-0.25, -0.2) is 15.0 Å². The molecule has 43 heavy (non-hydrogen) atoms. The first-order chi connectivity index (χ1) is 20.4. The normalized spacial score (nSPS) is 23.2. The largest absolute Gasteiger partial charge is 0.509 e. The van der Waals surface area contributed by atoms with Crippen molar-refractivity contribution >= 4 is 29.1 Å². The van der Waals surface area contributed by atoms with Crippen LogP contribution in [-0.2, 0) is 9.59 Å². The van der Waals surface area contributed by atoms with Gasteiger partial charge in [0.05, 0.1) is 45.3 Å². The zero-order valence-corrected chi connectivity index (χ0v) is 25.6. The zero-order valence-electron chi connectivity index (χ0n) is 25.6. The van der Waals surface area contributed by atoms with Crippen molar-refractivity contribution in [2.24, 2.45) is 20.4 Å². The maximum atomic E-state index is 11.5. The molecule has 5 heterocycles. The summed E-state index contributed by atoms with van der Waals surface area (Å²) in [5.41, 5.74) is 10.3. The minimum Gasteiger partial charge on any atom is -0.509 e. The minimum atomic E-state index is -0.911. The summed E-state index contributed by atoms with van der Waals surface area (Å²) >= 11 is 0. The Kier molecular flexibility index (Phi) is 7.86. The van der Waals surface area contributed by atoms with Crippen LogP contribution in [0, 0.1) is 5.41 Å². The van der Waals surface area contributed by atoms with Crippen LogP contribution in [0.2, 0.25) is 0 Å². The van der Waals surface area contributed by atoms with Crippen LogP contribution in [0.15, 0.2) is 107 Å². The molecule has 9 nitrogen and oxygen atoms in total. The number of allylic oxidation sites excluding steroid dienone is 10. The van der Waals surface area contributed by atoms with Crippen LogP contribution in [-0.4, -0.2) is 44.4 Å². The van der Waals surface area contributed by atoms with Gasteiger partial charge in [-0.2, -0.15) is 0 Å². The number of hydrogen-bond donors (Lipinski definition) is 4. The van der Waals surface area contributed by atoms with Gasteiger partial charge in [-0.3, -0.25) is 9.59 Å². The van der Waals surface area contributed by atoms with E-state index < -0.39 is 17.4 Å². The second-order valence-corrected chi connectivity index (χ2v) is 11.7. The second-order valence-electron chi connectivity index (χ2n) is 11.7. The predicted octanol–water partition coefficient (Wildman–Crippen LogP) is 6.78. The molecule has 224 valence electrons. The van der Waals surface area contributed by atoms with Crippen molar-refractivity contribution in [3.05, 3.63) is 92.0 Å². The Hall–Kier alpha value is -4.53. The van der Waals surface area contributed by atoms with Crippen molar-refractivity contribution in [1.29, 1.82) is 0 Å². The van der Waals surface area contributed by atoms with Crippen LogP contribution < -0.4 is 5.32 Å². The predicted molar refractivity (Wildman–Crippen MR) is 168 cm³/mol. The molecule has 0 aromatic heterocycles. The monoisotopic (exact) mass is 582 g/mol. The van der Waals surface area contributed by atoms with Crippen molar-refractivity contribution in [3.8, 4) is 0 Å². The Balaban J connectivity index is 1.78. The van der Waals surface area contributed by atoms with Gasteiger partial charge in [0.25, 0.3) is 0 Å². The maximum absolute atomic E-state index is 11.5. The summed E-state index contributed by atoms with van der Waals surface area (Å²) in [5.74, 6) is -1.59. The molecule has 4 N–H and O–H groups in total. The number of nitrogens with one attached hydrogen (secondary N) is 1. The first-order valence-electron chi connectivity index (χ1n) is 14.8. The smallest absolute Gasteiger partial charge is 0.303 e. The number of aliphatic imine (C=N–C) groups is 3. The van der Waals surface area contributed by atoms with Gasteiger partial charge in [-0.15, -0.1) is 0 Å². The van der Waals surface area contributed by atoms with Crippen LogP contribution >= 0.6 is 0 Å². The fourth-order valence-electron chi connectivity index (χ4n) is 6.16. The summed E-state index contributed by atoms with van der Waals surface area (Å²) in [5, 5.41) is 33.8. The number of aliphatic hydroxyl groups excluding tert-OH is 1. The molecular weight excluding hydrogens is 544 g/mol. The van der Waals surface area contributed by atoms with E-state index >= 15 is 0 Å². The fraction of sp³-hybridized carbons (Fsp3) is 0.382. The topological polar surface area (TPSA) is 144 Å². The lowest BCUT2D eigenvalue weighted by atomic mass is 9.82. The third kappa shape index (κ3) is 5.28. The van der Waals surface area contributed by atoms with E-state index in [9.17, 15) is 24.9 Å². The summed E-state index contributed by atoms with van der Waals surface area (Å²) in [4.78, 5) is 37.9. The van der Waals surface area contributed by atoms with Gasteiger partial charge in [-0.1, -0.05) is 13.8 Å². The Morgan fingerprint density at radius 2 is 1.28 bits per heavy atom. The lowest BCUT2D eigenvalue weighted by Gasteiger charge is -2.24. The minimum absolute atomic E-state index is 0.0498. The molecule has 0 saturated heterocycles. The van der Waals surface area contributed by atoms with E-state index in [1.165, 1.54) is 0 Å². The Labute approximate surface area is 251 Å². The first kappa shape index (κ1) is 29.9. The van der Waals surface area contributed by atoms with Gasteiger partial charge in [0.1, 0.15) is 5.76 Å². The second kappa shape index (κ2) is 11.3. The van der Waals surface area contributed by atoms with Crippen molar-refractivity contribution < 1.29 is 24.9 Å². The molecule has 0 amide bonds. The van der Waals surface area contributed by atoms with E-state index in [2.05, 4.69) is 12.2 Å². The van der Waals surface area contributed by atoms with E-state index in [1.54, 1.807) is 0 Å². The molecule has 5 aliphatic rings. The molecule has 8 bridgehead atoms. The van der Waals surface area contributed by atoms with E-state index in [-0.39, 0.29) is 25.0 Å². The van der Waals surface area contributed by atoms with Gasteiger partial charge >= 0.3 is 11.9 Å². The van der Waals surface area contributed by atoms with Gasteiger partial charge in [0.15, 0.2) is 0 Å². The van der Waals surface area contributed by atoms with Crippen LogP contribution in [0.4, 0.5) is 0 Å². The van der Waals surface area contributed by atoms with Gasteiger partial charge < -0.3 is 20.6 Å². The molecule has 0 fully saturated rings. The van der Waals surface area contributed by atoms with E-state index in [0.29, 0.717) is 41.4 Å². The molecule has 0 saturated carbocycles. The summed E-state index contributed by atoms with van der Waals surface area (Å²) in [6.07, 6.45) is 9.51. The highest BCUT2D eigenvalue weighted by Gasteiger charge is 2.41. The van der Waals surface area contributed by atoms with Gasteiger partial charge in [0.2, 0.25) is 0 Å². The third-order valence-electron chi connectivity index (χ3n) is 9.15. The van der Waals surface area contributed by atoms with Crippen molar-refractivity contribution in [2.45, 2.75) is 80.1 Å². The molecule has 9 heteroatoms. The fourth-order valence-corrected chi connectivity index (χ4v) is 6.16. The summed E-state index contributed by atoms with van der Waals surface area (Å²) in [7, 11) is 0. The quantitative estimate of drug-likeness (QED) is 0.248. The number of aliphatic hydroxyl groups is 1. The summed E-state index contributed by atoms with van der Waals surface area (Å²) < 4.78 is 0. The summed E-state index contributed by atoms with van der Waals surface area (Å²) in [6.45, 7) is 12.0. The Morgan fingerprint density at radius 1 is 0.744 bits per heavy atom. The van der Waals surface area contributed by atoms with Crippen LogP contribution in [0.1, 0.15) is 80.1 Å². The first-order valence-corrected chi connectivity index (χ1v) is 14.8. The zero-order chi connectivity index (χ0) is 31.2. The summed E-state index contributed by atoms with van der Waals surface area (Å²) in [6, 6.07) is 0. The van der Waals surface area contributed by atoms with E-state index in [4.69, 9.17) is 15.0 Å². The number of carbonyl (C=O) groups is 2. The standard InChI is InChI=1S/C34H38N4O5/c1-7-20-17(3)23-13-24-18(4)21(9-11-31(39)40)26(35-24)15-27-22(10-12-32(41)42)19(5)25(36-27)14-29-33(43)34(6,8-2)30(38-29)16-28(20)37-23/h13-16,38,43H,7-12H2,1-6H3,(H,39,40)(H,41,42)/t34-/m0/s1. The average molecular weight is 583 g/mol. The SMILES string of the molecule is CCC1=C(C)C2=CC3=NC(=CC4=NC(=CC5=C(O)[C@@](C)(CC)C(=CC1=N2)N5)C(C)=C4CCC(=O)O)C(CCC(=O)O)=C3C. The Bertz CT molecular complexity index is 1700. The van der Waals surface area contributed by atoms with E-state index in [1.807, 2.05) is 58.9 Å². The van der Waals surface area contributed by atoms with Gasteiger partial charge in [-0.05, 0) is 111 Å². The number of aliphatic carboxylic acids is 2. The van der Waals surface area contributed by atoms with E-state index in [0.717, 1.165) is 57.0 Å². The van der Waals surface area contributed by atoms with Crippen LogP contribution in [0.3, 0.4) is 0 Å². The molecule has 5 aliphatic heterocycles. The Morgan fingerprint density at radius 3 is 1.88 bits per heavy atom. The molecule has 0 aliphatic carbocycles.